The Hall–Kier alpha value is -2.11. The van der Waals surface area contributed by atoms with E-state index < -0.39 is 10.9 Å². The molecule has 1 aromatic carbocycles. The number of nitro benzene ring substituents is 1. The van der Waals surface area contributed by atoms with Gasteiger partial charge in [-0.15, -0.1) is 0 Å². The van der Waals surface area contributed by atoms with Gasteiger partial charge in [-0.25, -0.2) is 4.79 Å². The molecule has 2 rings (SSSR count). The Morgan fingerprint density at radius 2 is 2.11 bits per heavy atom. The molecule has 19 heavy (non-hydrogen) atoms. The maximum absolute atomic E-state index is 11.8. The third-order valence-electron chi connectivity index (χ3n) is 3.39. The number of rotatable bonds is 4. The standard InChI is InChI=1S/C13H16N2O4/c14-12-7-10(15(17)18)5-6-11(12)13(16)19-8-9-3-1-2-4-9/h5-7,9H,1-4,8,14H2. The number of carbonyl (C=O) groups is 1. The van der Waals surface area contributed by atoms with Crippen molar-refractivity contribution in [2.45, 2.75) is 25.7 Å². The van der Waals surface area contributed by atoms with Gasteiger partial charge < -0.3 is 10.5 Å². The Morgan fingerprint density at radius 3 is 2.68 bits per heavy atom. The molecule has 1 aliphatic carbocycles. The summed E-state index contributed by atoms with van der Waals surface area (Å²) in [7, 11) is 0. The summed E-state index contributed by atoms with van der Waals surface area (Å²) in [6, 6.07) is 3.76. The monoisotopic (exact) mass is 264 g/mol. The smallest absolute Gasteiger partial charge is 0.340 e. The number of carbonyl (C=O) groups excluding carboxylic acids is 1. The highest BCUT2D eigenvalue weighted by Gasteiger charge is 2.19. The maximum Gasteiger partial charge on any atom is 0.340 e. The number of hydrogen-bond donors (Lipinski definition) is 1. The van der Waals surface area contributed by atoms with Gasteiger partial charge in [-0.3, -0.25) is 10.1 Å². The molecule has 0 saturated heterocycles. The first-order valence-corrected chi connectivity index (χ1v) is 6.29. The van der Waals surface area contributed by atoms with Crippen LogP contribution in [0.3, 0.4) is 0 Å². The van der Waals surface area contributed by atoms with Gasteiger partial charge in [0, 0.05) is 12.1 Å². The molecule has 0 unspecified atom stereocenters. The lowest BCUT2D eigenvalue weighted by Crippen LogP contribution is -2.13. The molecule has 0 heterocycles. The lowest BCUT2D eigenvalue weighted by Gasteiger charge is -2.10. The van der Waals surface area contributed by atoms with E-state index in [2.05, 4.69) is 0 Å². The minimum atomic E-state index is -0.552. The second-order valence-electron chi connectivity index (χ2n) is 4.78. The second-order valence-corrected chi connectivity index (χ2v) is 4.78. The molecule has 0 spiro atoms. The fourth-order valence-corrected chi connectivity index (χ4v) is 2.30. The van der Waals surface area contributed by atoms with Crippen molar-refractivity contribution in [1.29, 1.82) is 0 Å². The molecule has 0 amide bonds. The van der Waals surface area contributed by atoms with Gasteiger partial charge >= 0.3 is 5.97 Å². The molecule has 0 aromatic heterocycles. The first-order valence-electron chi connectivity index (χ1n) is 6.29. The molecular weight excluding hydrogens is 248 g/mol. The number of nitro groups is 1. The molecule has 1 fully saturated rings. The number of hydrogen-bond acceptors (Lipinski definition) is 5. The van der Waals surface area contributed by atoms with Crippen molar-refractivity contribution in [3.8, 4) is 0 Å². The van der Waals surface area contributed by atoms with Crippen molar-refractivity contribution in [3.63, 3.8) is 0 Å². The summed E-state index contributed by atoms with van der Waals surface area (Å²) in [5.74, 6) is -0.0810. The van der Waals surface area contributed by atoms with Crippen molar-refractivity contribution in [3.05, 3.63) is 33.9 Å². The Balaban J connectivity index is 2.00. The van der Waals surface area contributed by atoms with Crippen LogP contribution in [0.2, 0.25) is 0 Å². The summed E-state index contributed by atoms with van der Waals surface area (Å²) in [4.78, 5) is 21.8. The topological polar surface area (TPSA) is 95.5 Å². The van der Waals surface area contributed by atoms with Crippen molar-refractivity contribution < 1.29 is 14.5 Å². The zero-order valence-electron chi connectivity index (χ0n) is 10.5. The first kappa shape index (κ1) is 13.3. The molecule has 1 saturated carbocycles. The Bertz CT molecular complexity index is 495. The van der Waals surface area contributed by atoms with Crippen molar-refractivity contribution in [1.82, 2.24) is 0 Å². The van der Waals surface area contributed by atoms with Gasteiger partial charge in [0.15, 0.2) is 0 Å². The SMILES string of the molecule is Nc1cc([N+](=O)[O-])ccc1C(=O)OCC1CCCC1. The van der Waals surface area contributed by atoms with Gasteiger partial charge in [-0.2, -0.15) is 0 Å². The second kappa shape index (κ2) is 5.69. The Morgan fingerprint density at radius 1 is 1.42 bits per heavy atom. The van der Waals surface area contributed by atoms with Crippen molar-refractivity contribution >= 4 is 17.3 Å². The number of esters is 1. The van der Waals surface area contributed by atoms with Crippen LogP contribution in [0.5, 0.6) is 0 Å². The van der Waals surface area contributed by atoms with Crippen LogP contribution in [-0.2, 0) is 4.74 Å². The predicted molar refractivity (Wildman–Crippen MR) is 69.7 cm³/mol. The van der Waals surface area contributed by atoms with Gasteiger partial charge in [0.05, 0.1) is 22.8 Å². The lowest BCUT2D eigenvalue weighted by molar-refractivity contribution is -0.384. The lowest BCUT2D eigenvalue weighted by atomic mass is 10.1. The molecule has 2 N–H and O–H groups in total. The normalized spacial score (nSPS) is 15.4. The maximum atomic E-state index is 11.8. The number of anilines is 1. The van der Waals surface area contributed by atoms with Crippen LogP contribution in [0.4, 0.5) is 11.4 Å². The van der Waals surface area contributed by atoms with Crippen molar-refractivity contribution in [2.75, 3.05) is 12.3 Å². The highest BCUT2D eigenvalue weighted by molar-refractivity contribution is 5.95. The third-order valence-corrected chi connectivity index (χ3v) is 3.39. The summed E-state index contributed by atoms with van der Waals surface area (Å²) in [5, 5.41) is 10.6. The largest absolute Gasteiger partial charge is 0.462 e. The molecule has 0 radical (unpaired) electrons. The summed E-state index contributed by atoms with van der Waals surface area (Å²) in [5.41, 5.74) is 5.76. The number of nitrogens with two attached hydrogens (primary N) is 1. The van der Waals surface area contributed by atoms with Crippen LogP contribution in [0.15, 0.2) is 18.2 Å². The van der Waals surface area contributed by atoms with Crippen LogP contribution in [0.1, 0.15) is 36.0 Å². The highest BCUT2D eigenvalue weighted by Crippen LogP contribution is 2.26. The van der Waals surface area contributed by atoms with E-state index in [1.165, 1.54) is 31.0 Å². The number of nitrogens with zero attached hydrogens (tertiary/aromatic N) is 1. The van der Waals surface area contributed by atoms with Gasteiger partial charge in [-0.05, 0) is 24.8 Å². The molecule has 6 nitrogen and oxygen atoms in total. The van der Waals surface area contributed by atoms with Gasteiger partial charge in [0.2, 0.25) is 0 Å². The molecule has 0 bridgehead atoms. The van der Waals surface area contributed by atoms with Crippen LogP contribution in [-0.4, -0.2) is 17.5 Å². The molecule has 6 heteroatoms. The average molecular weight is 264 g/mol. The molecule has 0 atom stereocenters. The van der Waals surface area contributed by atoms with E-state index in [-0.39, 0.29) is 16.9 Å². The summed E-state index contributed by atoms with van der Waals surface area (Å²) in [6.07, 6.45) is 4.54. The average Bonchev–Trinajstić information content (AvgIpc) is 2.88. The molecular formula is C13H16N2O4. The number of non-ortho nitro benzene ring substituents is 1. The van der Waals surface area contributed by atoms with Crippen LogP contribution in [0.25, 0.3) is 0 Å². The van der Waals surface area contributed by atoms with E-state index >= 15 is 0 Å². The zero-order valence-corrected chi connectivity index (χ0v) is 10.5. The Labute approximate surface area is 110 Å². The third kappa shape index (κ3) is 3.21. The molecule has 102 valence electrons. The van der Waals surface area contributed by atoms with E-state index in [4.69, 9.17) is 10.5 Å². The quantitative estimate of drug-likeness (QED) is 0.390. The molecule has 0 aliphatic heterocycles. The number of benzene rings is 1. The van der Waals surface area contributed by atoms with Crippen LogP contribution < -0.4 is 5.73 Å². The fourth-order valence-electron chi connectivity index (χ4n) is 2.30. The predicted octanol–water partition coefficient (Wildman–Crippen LogP) is 2.52. The van der Waals surface area contributed by atoms with E-state index in [1.807, 2.05) is 0 Å². The van der Waals surface area contributed by atoms with Gasteiger partial charge in [-0.1, -0.05) is 12.8 Å². The summed E-state index contributed by atoms with van der Waals surface area (Å²) in [6.45, 7) is 0.398. The molecule has 1 aliphatic rings. The van der Waals surface area contributed by atoms with E-state index in [9.17, 15) is 14.9 Å². The summed E-state index contributed by atoms with van der Waals surface area (Å²) < 4.78 is 5.20. The van der Waals surface area contributed by atoms with E-state index in [0.717, 1.165) is 12.8 Å². The minimum absolute atomic E-state index is 0.0746. The number of ether oxygens (including phenoxy) is 1. The molecule has 1 aromatic rings. The summed E-state index contributed by atoms with van der Waals surface area (Å²) >= 11 is 0. The van der Waals surface area contributed by atoms with Gasteiger partial charge in [0.1, 0.15) is 0 Å². The zero-order chi connectivity index (χ0) is 13.8. The van der Waals surface area contributed by atoms with Crippen LogP contribution in [0, 0.1) is 16.0 Å². The van der Waals surface area contributed by atoms with Crippen LogP contribution >= 0.6 is 0 Å². The van der Waals surface area contributed by atoms with E-state index in [1.54, 1.807) is 0 Å². The Kier molecular flexibility index (Phi) is 3.99. The first-order chi connectivity index (χ1) is 9.08. The number of nitrogen functional groups attached to an aromatic ring is 1. The van der Waals surface area contributed by atoms with Crippen molar-refractivity contribution in [2.24, 2.45) is 5.92 Å². The van der Waals surface area contributed by atoms with E-state index in [0.29, 0.717) is 12.5 Å². The highest BCUT2D eigenvalue weighted by atomic mass is 16.6. The minimum Gasteiger partial charge on any atom is -0.462 e. The fraction of sp³-hybridized carbons (Fsp3) is 0.462. The van der Waals surface area contributed by atoms with Gasteiger partial charge in [0.25, 0.3) is 5.69 Å².